The van der Waals surface area contributed by atoms with Gasteiger partial charge in [0.25, 0.3) is 0 Å². The molecule has 0 amide bonds. The minimum absolute atomic E-state index is 0.104. The Balaban J connectivity index is 2.55. The van der Waals surface area contributed by atoms with Crippen LogP contribution >= 0.6 is 0 Å². The second-order valence-corrected chi connectivity index (χ2v) is 8.36. The molecule has 2 unspecified atom stereocenters. The molecule has 2 atom stereocenters. The summed E-state index contributed by atoms with van der Waals surface area (Å²) in [6.07, 6.45) is -3.04. The van der Waals surface area contributed by atoms with Gasteiger partial charge in [0, 0.05) is 29.2 Å². The van der Waals surface area contributed by atoms with Gasteiger partial charge in [-0.3, -0.25) is 0 Å². The van der Waals surface area contributed by atoms with Crippen molar-refractivity contribution in [2.45, 2.75) is 51.2 Å². The molecule has 0 saturated carbocycles. The molecule has 1 heterocycles. The summed E-state index contributed by atoms with van der Waals surface area (Å²) < 4.78 is 56.2. The van der Waals surface area contributed by atoms with Crippen LogP contribution in [0.2, 0.25) is 0 Å². The molecule has 0 saturated heterocycles. The Morgan fingerprint density at radius 1 is 1.22 bits per heavy atom. The van der Waals surface area contributed by atoms with Crippen LogP contribution in [0, 0.1) is 0 Å². The molecule has 0 aliphatic carbocycles. The summed E-state index contributed by atoms with van der Waals surface area (Å²) in [4.78, 5) is 0. The third-order valence-corrected chi connectivity index (χ3v) is 5.14. The van der Waals surface area contributed by atoms with Crippen LogP contribution in [0.3, 0.4) is 0 Å². The average molecular weight is 346 g/mol. The van der Waals surface area contributed by atoms with E-state index in [0.29, 0.717) is 11.9 Å². The summed E-state index contributed by atoms with van der Waals surface area (Å²) in [6, 6.07) is 4.98. The van der Waals surface area contributed by atoms with Crippen molar-refractivity contribution in [1.82, 2.24) is 9.29 Å². The first-order chi connectivity index (χ1) is 10.6. The lowest BCUT2D eigenvalue weighted by molar-refractivity contribution is -0.152. The molecule has 2 rings (SSSR count). The number of rotatable bonds is 4. The van der Waals surface area contributed by atoms with E-state index >= 15 is 0 Å². The van der Waals surface area contributed by atoms with E-state index in [2.05, 4.69) is 4.72 Å². The molecule has 128 valence electrons. The monoisotopic (exact) mass is 346 g/mol. The van der Waals surface area contributed by atoms with Crippen molar-refractivity contribution in [2.24, 2.45) is 0 Å². The highest BCUT2D eigenvalue weighted by Gasteiger charge is 2.44. The van der Waals surface area contributed by atoms with Gasteiger partial charge in [0.15, 0.2) is 0 Å². The van der Waals surface area contributed by atoms with E-state index in [-0.39, 0.29) is 5.56 Å². The SMILES string of the molecule is CCn1cc(C(NS(=O)C(C)(C)C)C(F)(F)F)c2ccccc21. The van der Waals surface area contributed by atoms with E-state index in [1.807, 2.05) is 6.92 Å². The summed E-state index contributed by atoms with van der Waals surface area (Å²) >= 11 is 0. The molecule has 1 aromatic heterocycles. The second kappa shape index (κ2) is 6.28. The Morgan fingerprint density at radius 2 is 1.83 bits per heavy atom. The Hall–Kier alpha value is -1.34. The molecule has 0 aliphatic heterocycles. The highest BCUT2D eigenvalue weighted by atomic mass is 32.2. The zero-order valence-electron chi connectivity index (χ0n) is 13.6. The lowest BCUT2D eigenvalue weighted by Gasteiger charge is -2.25. The van der Waals surface area contributed by atoms with Crippen LogP contribution < -0.4 is 4.72 Å². The number of aryl methyl sites for hydroxylation is 1. The fourth-order valence-corrected chi connectivity index (χ4v) is 3.19. The average Bonchev–Trinajstić information content (AvgIpc) is 2.80. The van der Waals surface area contributed by atoms with E-state index in [4.69, 9.17) is 0 Å². The number of nitrogens with zero attached hydrogens (tertiary/aromatic N) is 1. The van der Waals surface area contributed by atoms with Crippen LogP contribution in [-0.4, -0.2) is 19.7 Å². The predicted octanol–water partition coefficient (Wildman–Crippen LogP) is 4.32. The fraction of sp³-hybridized carbons (Fsp3) is 0.500. The molecule has 1 aromatic carbocycles. The van der Waals surface area contributed by atoms with Gasteiger partial charge >= 0.3 is 6.18 Å². The largest absolute Gasteiger partial charge is 0.408 e. The van der Waals surface area contributed by atoms with Crippen molar-refractivity contribution in [3.8, 4) is 0 Å². The van der Waals surface area contributed by atoms with E-state index in [1.54, 1.807) is 49.6 Å². The molecule has 7 heteroatoms. The number of benzene rings is 1. The van der Waals surface area contributed by atoms with Crippen molar-refractivity contribution in [2.75, 3.05) is 0 Å². The number of alkyl halides is 3. The highest BCUT2D eigenvalue weighted by Crippen LogP contribution is 2.38. The number of nitrogens with one attached hydrogen (secondary N) is 1. The first kappa shape index (κ1) is 18.0. The maximum atomic E-state index is 13.6. The number of halogens is 3. The smallest absolute Gasteiger partial charge is 0.347 e. The third-order valence-electron chi connectivity index (χ3n) is 3.58. The summed E-state index contributed by atoms with van der Waals surface area (Å²) in [7, 11) is -1.83. The zero-order valence-corrected chi connectivity index (χ0v) is 14.4. The van der Waals surface area contributed by atoms with E-state index in [9.17, 15) is 17.4 Å². The van der Waals surface area contributed by atoms with Crippen molar-refractivity contribution >= 4 is 21.9 Å². The highest BCUT2D eigenvalue weighted by molar-refractivity contribution is 7.84. The van der Waals surface area contributed by atoms with Crippen LogP contribution in [0.5, 0.6) is 0 Å². The van der Waals surface area contributed by atoms with Gasteiger partial charge in [0.2, 0.25) is 0 Å². The van der Waals surface area contributed by atoms with Gasteiger partial charge in [-0.05, 0) is 33.8 Å². The minimum Gasteiger partial charge on any atom is -0.347 e. The maximum absolute atomic E-state index is 13.6. The topological polar surface area (TPSA) is 34.0 Å². The number of hydrogen-bond donors (Lipinski definition) is 1. The lowest BCUT2D eigenvalue weighted by Crippen LogP contribution is -2.41. The van der Waals surface area contributed by atoms with Crippen LogP contribution in [0.1, 0.15) is 39.3 Å². The molecule has 0 spiro atoms. The summed E-state index contributed by atoms with van der Waals surface area (Å²) in [5.74, 6) is 0. The van der Waals surface area contributed by atoms with Gasteiger partial charge in [-0.25, -0.2) is 8.93 Å². The molecule has 23 heavy (non-hydrogen) atoms. The van der Waals surface area contributed by atoms with Crippen LogP contribution in [0.25, 0.3) is 10.9 Å². The van der Waals surface area contributed by atoms with Crippen LogP contribution in [-0.2, 0) is 17.5 Å². The molecular formula is C16H21F3N2OS. The van der Waals surface area contributed by atoms with Crippen molar-refractivity contribution in [3.63, 3.8) is 0 Å². The van der Waals surface area contributed by atoms with Crippen molar-refractivity contribution in [3.05, 3.63) is 36.0 Å². The Morgan fingerprint density at radius 3 is 2.35 bits per heavy atom. The zero-order chi connectivity index (χ0) is 17.4. The number of hydrogen-bond acceptors (Lipinski definition) is 1. The van der Waals surface area contributed by atoms with Gasteiger partial charge < -0.3 is 4.57 Å². The van der Waals surface area contributed by atoms with Crippen molar-refractivity contribution < 1.29 is 17.4 Å². The lowest BCUT2D eigenvalue weighted by atomic mass is 10.1. The molecule has 3 nitrogen and oxygen atoms in total. The maximum Gasteiger partial charge on any atom is 0.408 e. The summed E-state index contributed by atoms with van der Waals surface area (Å²) in [5, 5.41) is 0.523. The standard InChI is InChI=1S/C16H21F3N2OS/c1-5-21-10-12(11-8-6-7-9-13(11)21)14(16(17,18)19)20-23(22)15(2,3)4/h6-10,14,20H,5H2,1-4H3. The van der Waals surface area contributed by atoms with Gasteiger partial charge in [-0.15, -0.1) is 0 Å². The normalized spacial score (nSPS) is 15.8. The molecule has 2 aromatic rings. The molecule has 0 radical (unpaired) electrons. The van der Waals surface area contributed by atoms with Gasteiger partial charge in [0.1, 0.15) is 6.04 Å². The first-order valence-electron chi connectivity index (χ1n) is 7.38. The quantitative estimate of drug-likeness (QED) is 0.879. The number of aromatic nitrogens is 1. The van der Waals surface area contributed by atoms with E-state index < -0.39 is 28.0 Å². The Labute approximate surface area is 136 Å². The number of fused-ring (bicyclic) bond motifs is 1. The second-order valence-electron chi connectivity index (χ2n) is 6.36. The first-order valence-corrected chi connectivity index (χ1v) is 8.53. The van der Waals surface area contributed by atoms with Gasteiger partial charge in [-0.1, -0.05) is 18.2 Å². The summed E-state index contributed by atoms with van der Waals surface area (Å²) in [6.45, 7) is 7.35. The molecule has 0 bridgehead atoms. The van der Waals surface area contributed by atoms with Crippen molar-refractivity contribution in [1.29, 1.82) is 0 Å². The third kappa shape index (κ3) is 3.77. The van der Waals surface area contributed by atoms with Gasteiger partial charge in [0.05, 0.1) is 15.7 Å². The molecule has 0 aliphatic rings. The molecule has 1 N–H and O–H groups in total. The van der Waals surface area contributed by atoms with E-state index in [0.717, 1.165) is 5.52 Å². The minimum atomic E-state index is -4.54. The van der Waals surface area contributed by atoms with Crippen LogP contribution in [0.4, 0.5) is 13.2 Å². The Kier molecular flexibility index (Phi) is 4.92. The van der Waals surface area contributed by atoms with Crippen LogP contribution in [0.15, 0.2) is 30.5 Å². The fourth-order valence-electron chi connectivity index (χ4n) is 2.36. The van der Waals surface area contributed by atoms with Gasteiger partial charge in [-0.2, -0.15) is 13.2 Å². The van der Waals surface area contributed by atoms with E-state index in [1.165, 1.54) is 6.20 Å². The summed E-state index contributed by atoms with van der Waals surface area (Å²) in [5.41, 5.74) is 0.843. The molecule has 0 fully saturated rings. The number of para-hydroxylation sites is 1. The predicted molar refractivity (Wildman–Crippen MR) is 87.4 cm³/mol. The Bertz CT molecular complexity index is 716. The molecular weight excluding hydrogens is 325 g/mol.